The number of thiazole rings is 1. The summed E-state index contributed by atoms with van der Waals surface area (Å²) < 4.78 is 6.41. The Labute approximate surface area is 246 Å². The Balaban J connectivity index is 1.37. The third-order valence-electron chi connectivity index (χ3n) is 7.74. The number of aromatic nitrogens is 1. The van der Waals surface area contributed by atoms with E-state index in [1.807, 2.05) is 38.1 Å². The molecule has 0 spiro atoms. The first-order chi connectivity index (χ1) is 20.1. The second-order valence-electron chi connectivity index (χ2n) is 10.8. The van der Waals surface area contributed by atoms with E-state index < -0.39 is 12.2 Å². The molecule has 42 heavy (non-hydrogen) atoms. The highest BCUT2D eigenvalue weighted by atomic mass is 32.1. The number of anilines is 2. The lowest BCUT2D eigenvalue weighted by atomic mass is 9.99. The summed E-state index contributed by atoms with van der Waals surface area (Å²) in [6.07, 6.45) is -0.357. The number of hydrogen-bond donors (Lipinski definition) is 3. The maximum absolute atomic E-state index is 14.2. The second-order valence-corrected chi connectivity index (χ2v) is 11.9. The van der Waals surface area contributed by atoms with Crippen LogP contribution in [-0.2, 0) is 27.3 Å². The highest BCUT2D eigenvalue weighted by molar-refractivity contribution is 7.22. The van der Waals surface area contributed by atoms with Gasteiger partial charge in [0, 0.05) is 26.1 Å². The first-order valence-corrected chi connectivity index (χ1v) is 14.5. The number of hydrazine groups is 1. The topological polar surface area (TPSA) is 153 Å². The number of piperazine rings is 1. The molecule has 3 aliphatic rings. The molecule has 4 N–H and O–H groups in total. The summed E-state index contributed by atoms with van der Waals surface area (Å²) in [5.74, 6) is -0.165. The van der Waals surface area contributed by atoms with Gasteiger partial charge in [-0.25, -0.2) is 9.78 Å². The number of urea groups is 1. The molecule has 0 aliphatic carbocycles. The number of carbonyl (C=O) groups is 4. The van der Waals surface area contributed by atoms with Crippen molar-refractivity contribution in [2.45, 2.75) is 45.1 Å². The minimum Gasteiger partial charge on any atom is -0.482 e. The lowest BCUT2D eigenvalue weighted by Gasteiger charge is -2.47. The molecule has 4 heterocycles. The quantitative estimate of drug-likeness (QED) is 0.390. The average molecular weight is 593 g/mol. The van der Waals surface area contributed by atoms with Crippen LogP contribution in [0.4, 0.5) is 15.6 Å². The number of nitrogens with zero attached hydrogens (tertiary/aromatic N) is 5. The van der Waals surface area contributed by atoms with Crippen molar-refractivity contribution in [2.24, 2.45) is 0 Å². The zero-order valence-corrected chi connectivity index (χ0v) is 24.3. The van der Waals surface area contributed by atoms with E-state index in [9.17, 15) is 19.2 Å². The number of rotatable bonds is 6. The molecular weight excluding hydrogens is 560 g/mol. The Morgan fingerprint density at radius 1 is 1.26 bits per heavy atom. The van der Waals surface area contributed by atoms with Crippen LogP contribution in [0.25, 0.3) is 10.2 Å². The molecular formula is C28H32N8O5S. The Morgan fingerprint density at radius 2 is 2.07 bits per heavy atom. The van der Waals surface area contributed by atoms with Gasteiger partial charge in [0.2, 0.25) is 11.8 Å². The molecule has 0 bridgehead atoms. The maximum Gasteiger partial charge on any atom is 0.331 e. The van der Waals surface area contributed by atoms with Crippen LogP contribution in [0.3, 0.4) is 0 Å². The molecule has 3 aromatic rings. The van der Waals surface area contributed by atoms with E-state index >= 15 is 0 Å². The normalized spacial score (nSPS) is 20.4. The molecule has 2 saturated heterocycles. The Bertz CT molecular complexity index is 1590. The summed E-state index contributed by atoms with van der Waals surface area (Å²) in [6, 6.07) is 9.72. The van der Waals surface area contributed by atoms with E-state index in [0.29, 0.717) is 16.6 Å². The Morgan fingerprint density at radius 3 is 2.83 bits per heavy atom. The smallest absolute Gasteiger partial charge is 0.331 e. The van der Waals surface area contributed by atoms with Crippen LogP contribution in [-0.4, -0.2) is 93.5 Å². The molecule has 1 aromatic heterocycles. The molecule has 3 aliphatic heterocycles. The van der Waals surface area contributed by atoms with Crippen LogP contribution < -0.4 is 21.1 Å². The fraction of sp³-hybridized carbons (Fsp3) is 0.393. The highest BCUT2D eigenvalue weighted by Gasteiger charge is 2.52. The molecule has 0 saturated carbocycles. The van der Waals surface area contributed by atoms with Crippen molar-refractivity contribution < 1.29 is 23.9 Å². The predicted octanol–water partition coefficient (Wildman–Crippen LogP) is 1.60. The zero-order valence-electron chi connectivity index (χ0n) is 23.5. The molecule has 14 heteroatoms. The highest BCUT2D eigenvalue weighted by Crippen LogP contribution is 2.34. The number of nitrogen functional groups attached to an aromatic ring is 1. The molecule has 6 rings (SSSR count). The molecule has 0 unspecified atom stereocenters. The van der Waals surface area contributed by atoms with Crippen molar-refractivity contribution >= 4 is 56.1 Å². The largest absolute Gasteiger partial charge is 0.482 e. The van der Waals surface area contributed by atoms with Gasteiger partial charge in [-0.05, 0) is 43.2 Å². The first-order valence-electron chi connectivity index (χ1n) is 13.7. The molecule has 5 amide bonds. The molecule has 13 nitrogen and oxygen atoms in total. The number of nitrogens with one attached hydrogen (secondary N) is 2. The van der Waals surface area contributed by atoms with Crippen LogP contribution in [0.15, 0.2) is 36.4 Å². The number of amides is 5. The summed E-state index contributed by atoms with van der Waals surface area (Å²) in [6.45, 7) is 4.12. The third-order valence-corrected chi connectivity index (χ3v) is 8.59. The van der Waals surface area contributed by atoms with Gasteiger partial charge in [-0.15, -0.1) is 0 Å². The summed E-state index contributed by atoms with van der Waals surface area (Å²) in [4.78, 5) is 60.4. The number of nitrogens with two attached hydrogens (primary N) is 1. The fourth-order valence-corrected chi connectivity index (χ4v) is 6.74. The van der Waals surface area contributed by atoms with Crippen molar-refractivity contribution in [1.29, 1.82) is 0 Å². The van der Waals surface area contributed by atoms with Crippen molar-refractivity contribution in [3.8, 4) is 5.75 Å². The van der Waals surface area contributed by atoms with Gasteiger partial charge in [-0.2, -0.15) is 5.01 Å². The molecule has 2 aromatic carbocycles. The standard InChI is InChI=1S/C28H32N8O5S/c1-15(2)36(28(40)30-3)34-13-24(38)35-19(10-16-7-8-20-18(9-16)31-22(37)14-41-20)26(39)33(12-23(34)35)11-17-5-4-6-21-25(17)32-27(29)42-21/h4-9,15,19,23H,10-14H2,1-3H3,(H2,29,32)(H,30,40)(H,31,37)/t19-,23+/m0/s1. The lowest BCUT2D eigenvalue weighted by molar-refractivity contribution is -0.158. The summed E-state index contributed by atoms with van der Waals surface area (Å²) in [5, 5.41) is 9.21. The van der Waals surface area contributed by atoms with Crippen LogP contribution >= 0.6 is 11.3 Å². The van der Waals surface area contributed by atoms with E-state index in [0.717, 1.165) is 21.3 Å². The van der Waals surface area contributed by atoms with Gasteiger partial charge in [0.25, 0.3) is 5.91 Å². The van der Waals surface area contributed by atoms with E-state index in [2.05, 4.69) is 15.6 Å². The van der Waals surface area contributed by atoms with Crippen molar-refractivity contribution in [3.05, 3.63) is 47.5 Å². The van der Waals surface area contributed by atoms with Crippen LogP contribution in [0.5, 0.6) is 5.75 Å². The lowest BCUT2D eigenvalue weighted by Crippen LogP contribution is -2.66. The Kier molecular flexibility index (Phi) is 7.10. The summed E-state index contributed by atoms with van der Waals surface area (Å²) in [5.41, 5.74) is 8.85. The number of hydrogen-bond acceptors (Lipinski definition) is 9. The van der Waals surface area contributed by atoms with Gasteiger partial charge in [0.15, 0.2) is 11.7 Å². The van der Waals surface area contributed by atoms with Gasteiger partial charge in [0.1, 0.15) is 18.0 Å². The molecule has 2 atom stereocenters. The minimum atomic E-state index is -0.835. The zero-order chi connectivity index (χ0) is 29.7. The molecule has 2 fully saturated rings. The maximum atomic E-state index is 14.2. The molecule has 220 valence electrons. The van der Waals surface area contributed by atoms with Crippen LogP contribution in [0, 0.1) is 0 Å². The third kappa shape index (κ3) is 4.86. The van der Waals surface area contributed by atoms with Crippen LogP contribution in [0.2, 0.25) is 0 Å². The second kappa shape index (κ2) is 10.8. The summed E-state index contributed by atoms with van der Waals surface area (Å²) in [7, 11) is 1.55. The van der Waals surface area contributed by atoms with Gasteiger partial charge >= 0.3 is 6.03 Å². The molecule has 0 radical (unpaired) electrons. The number of para-hydroxylation sites is 1. The van der Waals surface area contributed by atoms with Gasteiger partial charge in [0.05, 0.1) is 29.0 Å². The van der Waals surface area contributed by atoms with E-state index in [1.54, 1.807) is 39.0 Å². The average Bonchev–Trinajstić information content (AvgIpc) is 3.49. The van der Waals surface area contributed by atoms with Crippen molar-refractivity contribution in [1.82, 2.24) is 30.1 Å². The van der Waals surface area contributed by atoms with Crippen molar-refractivity contribution in [3.63, 3.8) is 0 Å². The monoisotopic (exact) mass is 592 g/mol. The van der Waals surface area contributed by atoms with Gasteiger partial charge in [-0.3, -0.25) is 19.4 Å². The minimum absolute atomic E-state index is 0.0415. The van der Waals surface area contributed by atoms with Gasteiger partial charge < -0.3 is 30.9 Å². The first kappa shape index (κ1) is 27.7. The summed E-state index contributed by atoms with van der Waals surface area (Å²) >= 11 is 1.38. The van der Waals surface area contributed by atoms with Crippen LogP contribution in [0.1, 0.15) is 25.0 Å². The van der Waals surface area contributed by atoms with Crippen molar-refractivity contribution in [2.75, 3.05) is 37.8 Å². The number of benzene rings is 2. The van der Waals surface area contributed by atoms with Gasteiger partial charge in [-0.1, -0.05) is 29.5 Å². The Hall–Kier alpha value is -4.43. The SMILES string of the molecule is CNC(=O)N(C(C)C)N1CC(=O)N2[C@@H](Cc3ccc4c(c3)NC(=O)CO4)C(=O)N(Cc3cccc4sc(N)nc34)C[C@@H]21. The van der Waals surface area contributed by atoms with E-state index in [4.69, 9.17) is 10.5 Å². The fourth-order valence-electron chi connectivity index (χ4n) is 5.96. The number of carbonyl (C=O) groups excluding carboxylic acids is 4. The number of fused-ring (bicyclic) bond motifs is 3. The number of ether oxygens (including phenoxy) is 1. The van der Waals surface area contributed by atoms with E-state index in [1.165, 1.54) is 11.3 Å². The predicted molar refractivity (Wildman–Crippen MR) is 156 cm³/mol. The van der Waals surface area contributed by atoms with E-state index in [-0.39, 0.29) is 62.5 Å².